The number of amides is 1. The molecular weight excluding hydrogens is 296 g/mol. The van der Waals surface area contributed by atoms with Crippen molar-refractivity contribution in [2.75, 3.05) is 19.6 Å². The van der Waals surface area contributed by atoms with Gasteiger partial charge >= 0.3 is 0 Å². The van der Waals surface area contributed by atoms with Crippen molar-refractivity contribution in [1.29, 1.82) is 0 Å². The highest BCUT2D eigenvalue weighted by atomic mass is 16.2. The number of carbonyl (C=O) groups excluding carboxylic acids is 1. The molecule has 0 radical (unpaired) electrons. The first-order valence-corrected chi connectivity index (χ1v) is 8.87. The van der Waals surface area contributed by atoms with Gasteiger partial charge in [0.15, 0.2) is 0 Å². The molecule has 2 aliphatic heterocycles. The van der Waals surface area contributed by atoms with Crippen molar-refractivity contribution in [2.24, 2.45) is 0 Å². The molecule has 2 heterocycles. The molecule has 3 heteroatoms. The Kier molecular flexibility index (Phi) is 4.11. The second-order valence-corrected chi connectivity index (χ2v) is 7.05. The van der Waals surface area contributed by atoms with E-state index in [0.717, 1.165) is 50.1 Å². The number of fused-ring (bicyclic) bond motifs is 1. The van der Waals surface area contributed by atoms with Crippen molar-refractivity contribution in [2.45, 2.75) is 32.4 Å². The average Bonchev–Trinajstić information content (AvgIpc) is 3.11. The fourth-order valence-electron chi connectivity index (χ4n) is 4.01. The summed E-state index contributed by atoms with van der Waals surface area (Å²) >= 11 is 0. The summed E-state index contributed by atoms with van der Waals surface area (Å²) < 4.78 is 0. The Morgan fingerprint density at radius 3 is 2.71 bits per heavy atom. The van der Waals surface area contributed by atoms with Crippen molar-refractivity contribution in [1.82, 2.24) is 9.80 Å². The van der Waals surface area contributed by atoms with Crippen molar-refractivity contribution >= 4 is 5.91 Å². The van der Waals surface area contributed by atoms with Gasteiger partial charge in [0.05, 0.1) is 0 Å². The molecule has 0 spiro atoms. The summed E-state index contributed by atoms with van der Waals surface area (Å²) in [7, 11) is 0. The lowest BCUT2D eigenvalue weighted by Crippen LogP contribution is -2.41. The molecule has 0 bridgehead atoms. The number of likely N-dealkylation sites (tertiary alicyclic amines) is 1. The molecule has 3 nitrogen and oxygen atoms in total. The second-order valence-electron chi connectivity index (χ2n) is 7.05. The van der Waals surface area contributed by atoms with E-state index in [9.17, 15) is 4.79 Å². The van der Waals surface area contributed by atoms with Gasteiger partial charge in [-0.3, -0.25) is 9.69 Å². The van der Waals surface area contributed by atoms with E-state index in [2.05, 4.69) is 29.2 Å². The zero-order valence-electron chi connectivity index (χ0n) is 14.2. The van der Waals surface area contributed by atoms with Crippen molar-refractivity contribution in [3.63, 3.8) is 0 Å². The summed E-state index contributed by atoms with van der Waals surface area (Å²) in [5.41, 5.74) is 4.90. The van der Waals surface area contributed by atoms with Crippen LogP contribution in [0.25, 0.3) is 0 Å². The summed E-state index contributed by atoms with van der Waals surface area (Å²) in [5.74, 6) is 0.179. The predicted octanol–water partition coefficient (Wildman–Crippen LogP) is 3.27. The monoisotopic (exact) mass is 320 g/mol. The van der Waals surface area contributed by atoms with Crippen molar-refractivity contribution in [3.8, 4) is 0 Å². The molecule has 0 aromatic heterocycles. The molecule has 1 fully saturated rings. The van der Waals surface area contributed by atoms with Gasteiger partial charge < -0.3 is 4.90 Å². The molecule has 4 rings (SSSR count). The summed E-state index contributed by atoms with van der Waals surface area (Å²) in [5, 5.41) is 0. The third kappa shape index (κ3) is 2.96. The van der Waals surface area contributed by atoms with E-state index >= 15 is 0 Å². The van der Waals surface area contributed by atoms with E-state index < -0.39 is 0 Å². The lowest BCUT2D eigenvalue weighted by Gasteiger charge is -2.33. The highest BCUT2D eigenvalue weighted by molar-refractivity contribution is 5.94. The molecule has 0 N–H and O–H groups in total. The summed E-state index contributed by atoms with van der Waals surface area (Å²) in [6.45, 7) is 5.89. The van der Waals surface area contributed by atoms with Crippen LogP contribution in [0.15, 0.2) is 48.5 Å². The SMILES string of the molecule is Cc1cccc(C(=O)N2CC[C@H](N3CCc4ccccc4C3)C2)c1. The maximum Gasteiger partial charge on any atom is 0.253 e. The zero-order valence-corrected chi connectivity index (χ0v) is 14.2. The van der Waals surface area contributed by atoms with E-state index in [1.54, 1.807) is 0 Å². The molecule has 0 saturated carbocycles. The van der Waals surface area contributed by atoms with Crippen LogP contribution in [0.5, 0.6) is 0 Å². The quantitative estimate of drug-likeness (QED) is 0.848. The van der Waals surface area contributed by atoms with Gasteiger partial charge in [0.2, 0.25) is 0 Å². The molecule has 2 aliphatic rings. The van der Waals surface area contributed by atoms with Crippen LogP contribution in [-0.4, -0.2) is 41.4 Å². The Labute approximate surface area is 143 Å². The Hall–Kier alpha value is -2.13. The van der Waals surface area contributed by atoms with Gasteiger partial charge in [-0.25, -0.2) is 0 Å². The van der Waals surface area contributed by atoms with Crippen LogP contribution in [0, 0.1) is 6.92 Å². The van der Waals surface area contributed by atoms with Crippen LogP contribution < -0.4 is 0 Å². The summed E-state index contributed by atoms with van der Waals surface area (Å²) in [6, 6.07) is 17.2. The standard InChI is InChI=1S/C21H24N2O/c1-16-5-4-8-18(13-16)21(24)23-12-10-20(15-23)22-11-9-17-6-2-3-7-19(17)14-22/h2-8,13,20H,9-12,14-15H2,1H3/t20-/m0/s1. The fourth-order valence-corrected chi connectivity index (χ4v) is 4.01. The smallest absolute Gasteiger partial charge is 0.253 e. The van der Waals surface area contributed by atoms with Gasteiger partial charge in [-0.1, -0.05) is 42.0 Å². The molecule has 1 saturated heterocycles. The van der Waals surface area contributed by atoms with Crippen LogP contribution in [0.3, 0.4) is 0 Å². The third-order valence-corrected chi connectivity index (χ3v) is 5.39. The third-order valence-electron chi connectivity index (χ3n) is 5.39. The van der Waals surface area contributed by atoms with E-state index in [1.807, 2.05) is 36.1 Å². The summed E-state index contributed by atoms with van der Waals surface area (Å²) in [6.07, 6.45) is 2.21. The average molecular weight is 320 g/mol. The molecule has 1 amide bonds. The first kappa shape index (κ1) is 15.4. The van der Waals surface area contributed by atoms with Gasteiger partial charge in [0, 0.05) is 37.8 Å². The van der Waals surface area contributed by atoms with E-state index in [4.69, 9.17) is 0 Å². The van der Waals surface area contributed by atoms with Gasteiger partial charge in [-0.15, -0.1) is 0 Å². The van der Waals surface area contributed by atoms with Crippen LogP contribution in [0.2, 0.25) is 0 Å². The van der Waals surface area contributed by atoms with Gasteiger partial charge in [-0.05, 0) is 43.0 Å². The Bertz CT molecular complexity index is 755. The molecule has 2 aromatic rings. The lowest BCUT2D eigenvalue weighted by atomic mass is 9.98. The van der Waals surface area contributed by atoms with Crippen molar-refractivity contribution < 1.29 is 4.79 Å². The lowest BCUT2D eigenvalue weighted by molar-refractivity contribution is 0.0773. The maximum absolute atomic E-state index is 12.7. The van der Waals surface area contributed by atoms with Gasteiger partial charge in [-0.2, -0.15) is 0 Å². The second kappa shape index (κ2) is 6.40. The fraction of sp³-hybridized carbons (Fsp3) is 0.381. The van der Waals surface area contributed by atoms with E-state index in [0.29, 0.717) is 6.04 Å². The first-order valence-electron chi connectivity index (χ1n) is 8.87. The Morgan fingerprint density at radius 2 is 1.88 bits per heavy atom. The van der Waals surface area contributed by atoms with E-state index in [1.165, 1.54) is 11.1 Å². The van der Waals surface area contributed by atoms with Gasteiger partial charge in [0.25, 0.3) is 5.91 Å². The topological polar surface area (TPSA) is 23.6 Å². The minimum atomic E-state index is 0.179. The number of hydrogen-bond acceptors (Lipinski definition) is 2. The molecular formula is C21H24N2O. The number of aryl methyl sites for hydroxylation is 1. The predicted molar refractivity (Wildman–Crippen MR) is 96.0 cm³/mol. The van der Waals surface area contributed by atoms with Crippen LogP contribution in [-0.2, 0) is 13.0 Å². The number of rotatable bonds is 2. The molecule has 0 unspecified atom stereocenters. The van der Waals surface area contributed by atoms with E-state index in [-0.39, 0.29) is 5.91 Å². The van der Waals surface area contributed by atoms with Crippen LogP contribution in [0.1, 0.15) is 33.5 Å². The minimum absolute atomic E-state index is 0.179. The number of hydrogen-bond donors (Lipinski definition) is 0. The first-order chi connectivity index (χ1) is 11.7. The molecule has 24 heavy (non-hydrogen) atoms. The Balaban J connectivity index is 1.43. The molecule has 0 aliphatic carbocycles. The van der Waals surface area contributed by atoms with Crippen molar-refractivity contribution in [3.05, 3.63) is 70.8 Å². The molecule has 124 valence electrons. The highest BCUT2D eigenvalue weighted by Gasteiger charge is 2.32. The van der Waals surface area contributed by atoms with Crippen LogP contribution >= 0.6 is 0 Å². The maximum atomic E-state index is 12.7. The Morgan fingerprint density at radius 1 is 1.04 bits per heavy atom. The zero-order chi connectivity index (χ0) is 16.5. The largest absolute Gasteiger partial charge is 0.337 e. The van der Waals surface area contributed by atoms with Gasteiger partial charge in [0.1, 0.15) is 0 Å². The number of carbonyl (C=O) groups is 1. The number of benzene rings is 2. The van der Waals surface area contributed by atoms with Crippen LogP contribution in [0.4, 0.5) is 0 Å². The molecule has 1 atom stereocenters. The summed E-state index contributed by atoms with van der Waals surface area (Å²) in [4.78, 5) is 17.3. The molecule has 2 aromatic carbocycles. The minimum Gasteiger partial charge on any atom is -0.337 e. The number of nitrogens with zero attached hydrogens (tertiary/aromatic N) is 2. The normalized spacial score (nSPS) is 20.9. The highest BCUT2D eigenvalue weighted by Crippen LogP contribution is 2.25.